The van der Waals surface area contributed by atoms with E-state index in [1.165, 1.54) is 0 Å². The maximum atomic E-state index is 12.3. The Kier molecular flexibility index (Phi) is 6.15. The van der Waals surface area contributed by atoms with Gasteiger partial charge in [0.2, 0.25) is 10.0 Å². The molecule has 0 saturated carbocycles. The normalized spacial score (nSPS) is 13.3. The Morgan fingerprint density at radius 2 is 1.93 bits per heavy atom. The minimum absolute atomic E-state index is 0.00268. The van der Waals surface area contributed by atoms with Crippen LogP contribution in [0.1, 0.15) is 11.1 Å². The van der Waals surface area contributed by atoms with Gasteiger partial charge in [-0.1, -0.05) is 41.9 Å². The van der Waals surface area contributed by atoms with Gasteiger partial charge in [0.05, 0.1) is 11.3 Å². The van der Waals surface area contributed by atoms with Crippen molar-refractivity contribution in [2.24, 2.45) is 0 Å². The molecule has 0 saturated heterocycles. The molecule has 27 heavy (non-hydrogen) atoms. The van der Waals surface area contributed by atoms with Crippen LogP contribution in [0.3, 0.4) is 0 Å². The molecule has 3 rings (SSSR count). The summed E-state index contributed by atoms with van der Waals surface area (Å²) in [6, 6.07) is 14.4. The molecule has 0 unspecified atom stereocenters. The van der Waals surface area contributed by atoms with Crippen molar-refractivity contribution in [2.45, 2.75) is 6.54 Å². The summed E-state index contributed by atoms with van der Waals surface area (Å²) in [6.07, 6.45) is 1.70. The SMILES string of the molecule is O=C(NCCS(=O)(=O)NCc1ccccc1)C1=Cc2cc(Cl)ccc2OC1. The zero-order valence-electron chi connectivity index (χ0n) is 14.4. The van der Waals surface area contributed by atoms with Crippen molar-refractivity contribution >= 4 is 33.6 Å². The van der Waals surface area contributed by atoms with Gasteiger partial charge in [-0.25, -0.2) is 13.1 Å². The van der Waals surface area contributed by atoms with E-state index in [2.05, 4.69) is 10.0 Å². The highest BCUT2D eigenvalue weighted by atomic mass is 35.5. The predicted octanol–water partition coefficient (Wildman–Crippen LogP) is 2.35. The van der Waals surface area contributed by atoms with Crippen LogP contribution < -0.4 is 14.8 Å². The fraction of sp³-hybridized carbons (Fsp3) is 0.211. The first kappa shape index (κ1) is 19.4. The van der Waals surface area contributed by atoms with Crippen LogP contribution in [0.15, 0.2) is 54.1 Å². The number of hydrogen-bond donors (Lipinski definition) is 2. The van der Waals surface area contributed by atoms with Gasteiger partial charge in [0, 0.05) is 23.7 Å². The Hall–Kier alpha value is -2.35. The van der Waals surface area contributed by atoms with Crippen molar-refractivity contribution in [1.29, 1.82) is 0 Å². The number of carbonyl (C=O) groups is 1. The van der Waals surface area contributed by atoms with Crippen LogP contribution in [0, 0.1) is 0 Å². The van der Waals surface area contributed by atoms with Crippen LogP contribution in [0.2, 0.25) is 5.02 Å². The lowest BCUT2D eigenvalue weighted by molar-refractivity contribution is -0.117. The van der Waals surface area contributed by atoms with Gasteiger partial charge in [-0.05, 0) is 29.8 Å². The highest BCUT2D eigenvalue weighted by Gasteiger charge is 2.18. The molecule has 0 spiro atoms. The van der Waals surface area contributed by atoms with Crippen LogP contribution >= 0.6 is 11.6 Å². The van der Waals surface area contributed by atoms with Gasteiger partial charge in [-0.15, -0.1) is 0 Å². The fourth-order valence-electron chi connectivity index (χ4n) is 2.55. The molecule has 142 valence electrons. The van der Waals surface area contributed by atoms with Crippen LogP contribution in [0.4, 0.5) is 0 Å². The second-order valence-corrected chi connectivity index (χ2v) is 8.38. The quantitative estimate of drug-likeness (QED) is 0.739. The van der Waals surface area contributed by atoms with E-state index in [1.807, 2.05) is 30.3 Å². The summed E-state index contributed by atoms with van der Waals surface area (Å²) >= 11 is 5.95. The predicted molar refractivity (Wildman–Crippen MR) is 105 cm³/mol. The van der Waals surface area contributed by atoms with E-state index >= 15 is 0 Å². The molecule has 2 aromatic rings. The molecule has 0 atom stereocenters. The minimum Gasteiger partial charge on any atom is -0.488 e. The van der Waals surface area contributed by atoms with Crippen molar-refractivity contribution in [2.75, 3.05) is 18.9 Å². The molecule has 0 fully saturated rings. The minimum atomic E-state index is -3.49. The van der Waals surface area contributed by atoms with Gasteiger partial charge in [-0.2, -0.15) is 0 Å². The average Bonchev–Trinajstić information content (AvgIpc) is 2.66. The Morgan fingerprint density at radius 1 is 1.15 bits per heavy atom. The summed E-state index contributed by atoms with van der Waals surface area (Å²) in [5, 5.41) is 3.16. The summed E-state index contributed by atoms with van der Waals surface area (Å²) in [4.78, 5) is 12.3. The third-order valence-electron chi connectivity index (χ3n) is 3.97. The third kappa shape index (κ3) is 5.56. The van der Waals surface area contributed by atoms with Crippen molar-refractivity contribution in [3.05, 3.63) is 70.3 Å². The Morgan fingerprint density at radius 3 is 2.70 bits per heavy atom. The number of halogens is 1. The largest absolute Gasteiger partial charge is 0.488 e. The Bertz CT molecular complexity index is 959. The number of carbonyl (C=O) groups excluding carboxylic acids is 1. The zero-order valence-corrected chi connectivity index (χ0v) is 16.0. The molecule has 0 aliphatic carbocycles. The number of sulfonamides is 1. The molecule has 2 aromatic carbocycles. The standard InChI is InChI=1S/C19H19ClN2O4S/c20-17-6-7-18-15(11-17)10-16(13-26-18)19(23)21-8-9-27(24,25)22-12-14-4-2-1-3-5-14/h1-7,10-11,22H,8-9,12-13H2,(H,21,23). The van der Waals surface area contributed by atoms with Crippen molar-refractivity contribution in [3.8, 4) is 5.75 Å². The molecule has 6 nitrogen and oxygen atoms in total. The molecule has 0 radical (unpaired) electrons. The van der Waals surface area contributed by atoms with Crippen molar-refractivity contribution in [3.63, 3.8) is 0 Å². The molecular formula is C19H19ClN2O4S. The second kappa shape index (κ2) is 8.56. The lowest BCUT2D eigenvalue weighted by atomic mass is 10.1. The molecule has 0 bridgehead atoms. The summed E-state index contributed by atoms with van der Waals surface area (Å²) in [5.74, 6) is 0.0878. The molecule has 8 heteroatoms. The van der Waals surface area contributed by atoms with Gasteiger partial charge in [-0.3, -0.25) is 4.79 Å². The highest BCUT2D eigenvalue weighted by Crippen LogP contribution is 2.28. The van der Waals surface area contributed by atoms with E-state index < -0.39 is 10.0 Å². The summed E-state index contributed by atoms with van der Waals surface area (Å²) < 4.78 is 32.1. The maximum Gasteiger partial charge on any atom is 0.250 e. The van der Waals surface area contributed by atoms with E-state index in [4.69, 9.17) is 16.3 Å². The number of hydrogen-bond acceptors (Lipinski definition) is 4. The molecule has 1 amide bonds. The smallest absolute Gasteiger partial charge is 0.250 e. The molecule has 1 aliphatic rings. The van der Waals surface area contributed by atoms with Crippen LogP contribution in [-0.2, 0) is 21.4 Å². The zero-order chi connectivity index (χ0) is 19.3. The van der Waals surface area contributed by atoms with Crippen molar-refractivity contribution in [1.82, 2.24) is 10.0 Å². The Labute approximate surface area is 163 Å². The van der Waals surface area contributed by atoms with E-state index in [0.29, 0.717) is 16.3 Å². The molecule has 1 aliphatic heterocycles. The first-order valence-electron chi connectivity index (χ1n) is 8.35. The Balaban J connectivity index is 1.50. The van der Waals surface area contributed by atoms with Crippen LogP contribution in [-0.4, -0.2) is 33.2 Å². The number of rotatable bonds is 7. The second-order valence-electron chi connectivity index (χ2n) is 6.02. The average molecular weight is 407 g/mol. The molecule has 0 aromatic heterocycles. The fourth-order valence-corrected chi connectivity index (χ4v) is 3.64. The maximum absolute atomic E-state index is 12.3. The third-order valence-corrected chi connectivity index (χ3v) is 5.53. The van der Waals surface area contributed by atoms with Gasteiger partial charge in [0.1, 0.15) is 12.4 Å². The van der Waals surface area contributed by atoms with Gasteiger partial charge >= 0.3 is 0 Å². The van der Waals surface area contributed by atoms with E-state index in [1.54, 1.807) is 24.3 Å². The van der Waals surface area contributed by atoms with E-state index in [9.17, 15) is 13.2 Å². The van der Waals surface area contributed by atoms with Gasteiger partial charge in [0.15, 0.2) is 0 Å². The van der Waals surface area contributed by atoms with Gasteiger partial charge < -0.3 is 10.1 Å². The summed E-state index contributed by atoms with van der Waals surface area (Å²) in [6.45, 7) is 0.343. The van der Waals surface area contributed by atoms with Crippen LogP contribution in [0.5, 0.6) is 5.75 Å². The highest BCUT2D eigenvalue weighted by molar-refractivity contribution is 7.89. The number of benzene rings is 2. The summed E-state index contributed by atoms with van der Waals surface area (Å²) in [7, 11) is -3.49. The van der Waals surface area contributed by atoms with E-state index in [0.717, 1.165) is 11.1 Å². The van der Waals surface area contributed by atoms with Gasteiger partial charge in [0.25, 0.3) is 5.91 Å². The number of nitrogens with one attached hydrogen (secondary N) is 2. The first-order chi connectivity index (χ1) is 12.9. The number of fused-ring (bicyclic) bond motifs is 1. The van der Waals surface area contributed by atoms with Crippen LogP contribution in [0.25, 0.3) is 6.08 Å². The number of amides is 1. The molecule has 2 N–H and O–H groups in total. The topological polar surface area (TPSA) is 84.5 Å². The lowest BCUT2D eigenvalue weighted by Gasteiger charge is -2.17. The monoisotopic (exact) mass is 406 g/mol. The first-order valence-corrected chi connectivity index (χ1v) is 10.4. The van der Waals surface area contributed by atoms with E-state index in [-0.39, 0.29) is 31.4 Å². The number of ether oxygens (including phenoxy) is 1. The summed E-state index contributed by atoms with van der Waals surface area (Å²) in [5.41, 5.74) is 2.00. The molecular weight excluding hydrogens is 388 g/mol. The van der Waals surface area contributed by atoms with Crippen molar-refractivity contribution < 1.29 is 17.9 Å². The molecule has 1 heterocycles. The lowest BCUT2D eigenvalue weighted by Crippen LogP contribution is -2.35.